The summed E-state index contributed by atoms with van der Waals surface area (Å²) in [6, 6.07) is 87.5. The molecule has 0 bridgehead atoms. The lowest BCUT2D eigenvalue weighted by Gasteiger charge is -2.19. The van der Waals surface area contributed by atoms with Crippen molar-refractivity contribution < 1.29 is 0 Å². The topological polar surface area (TPSA) is 133 Å². The van der Waals surface area contributed by atoms with Crippen molar-refractivity contribution in [3.63, 3.8) is 0 Å². The summed E-state index contributed by atoms with van der Waals surface area (Å²) in [4.78, 5) is 8.20. The molecule has 0 amide bonds. The van der Waals surface area contributed by atoms with Gasteiger partial charge < -0.3 is 27.4 Å². The van der Waals surface area contributed by atoms with Gasteiger partial charge in [0.05, 0.1) is 115 Å². The van der Waals surface area contributed by atoms with Crippen LogP contribution in [0.3, 0.4) is 0 Å². The Morgan fingerprint density at radius 2 is 0.427 bits per heavy atom. The number of fused-ring (bicyclic) bond motifs is 21. The van der Waals surface area contributed by atoms with Crippen LogP contribution < -0.4 is 0 Å². The summed E-state index contributed by atoms with van der Waals surface area (Å²) in [7, 11) is 0. The van der Waals surface area contributed by atoms with E-state index in [2.05, 4.69) is 362 Å². The van der Waals surface area contributed by atoms with Crippen molar-refractivity contribution in [2.45, 2.75) is 171 Å². The summed E-state index contributed by atoms with van der Waals surface area (Å²) in [6.07, 6.45) is 0. The standard InChI is InChI=1S/C108H90N12.C4H6/c1-103(2,3)65-21-30-88-79(46-65)80-47-66(104(4,5)6)22-31-89(80)115(88)73-27-36-94-85(54-73)97-100(118(94)76-42-61(57-109)39-62(43-76)58-110)98-86-55-74(116-90-32-23-67(105(7,8)9)48-81(90)82-49-68(106(10,11)12)24-33-91(82)116)28-37-95(86)119(77-44-63(59-111)40-71(52-77)113-19)102(98)99-87-56-75(29-38-96(87)120(101(97)99)78-45-64(60-112)41-72(53-78)114-20)117-92-34-25-69(107(13,14)15)50-83(92)84-51-70(108(16,17)18)26-35-93(84)117;1-3-4-2/h21-56H,1-18H3;1-2H3. The molecule has 12 heteroatoms. The van der Waals surface area contributed by atoms with Crippen molar-refractivity contribution >= 4 is 142 Å². The van der Waals surface area contributed by atoms with E-state index < -0.39 is 0 Å². The molecular formula is C112H96N12. The van der Waals surface area contributed by atoms with Gasteiger partial charge in [0, 0.05) is 110 Å². The molecule has 0 fully saturated rings. The van der Waals surface area contributed by atoms with Gasteiger partial charge in [-0.25, -0.2) is 9.69 Å². The Morgan fingerprint density at radius 1 is 0.226 bits per heavy atom. The highest BCUT2D eigenvalue weighted by Gasteiger charge is 2.34. The maximum atomic E-state index is 11.3. The second-order valence-corrected chi connectivity index (χ2v) is 39.6. The van der Waals surface area contributed by atoms with Crippen molar-refractivity contribution in [3.8, 4) is 70.2 Å². The van der Waals surface area contributed by atoms with Gasteiger partial charge >= 0.3 is 0 Å². The molecule has 19 rings (SSSR count). The predicted octanol–water partition coefficient (Wildman–Crippen LogP) is 29.7. The Hall–Kier alpha value is -14.8. The van der Waals surface area contributed by atoms with E-state index in [1.54, 1.807) is 18.2 Å². The fraction of sp³-hybridized carbons (Fsp3) is 0.232. The van der Waals surface area contributed by atoms with E-state index >= 15 is 0 Å². The average Bonchev–Trinajstić information content (AvgIpc) is 1.50. The average molecular weight is 1610 g/mol. The summed E-state index contributed by atoms with van der Waals surface area (Å²) < 4.78 is 13.9. The summed E-state index contributed by atoms with van der Waals surface area (Å²) in [5.74, 6) is 5.36. The van der Waals surface area contributed by atoms with Crippen LogP contribution in [-0.2, 0) is 32.5 Å². The number of nitrogens with zero attached hydrogens (tertiary/aromatic N) is 12. The number of hydrogen-bond acceptors (Lipinski definition) is 4. The first-order valence-electron chi connectivity index (χ1n) is 42.4. The molecule has 13 aromatic carbocycles. The maximum Gasteiger partial charge on any atom is 0.190 e. The van der Waals surface area contributed by atoms with Crippen molar-refractivity contribution in [2.75, 3.05) is 0 Å². The lowest BCUT2D eigenvalue weighted by Crippen LogP contribution is -2.10. The van der Waals surface area contributed by atoms with Gasteiger partial charge in [0.25, 0.3) is 0 Å². The molecule has 0 aliphatic carbocycles. The monoisotopic (exact) mass is 1610 g/mol. The van der Waals surface area contributed by atoms with Crippen LogP contribution in [0.2, 0.25) is 0 Å². The minimum atomic E-state index is -0.162. The van der Waals surface area contributed by atoms with Crippen molar-refractivity contribution in [1.29, 1.82) is 21.0 Å². The Balaban J connectivity index is 0.00000256. The summed E-state index contributed by atoms with van der Waals surface area (Å²) in [6.45, 7) is 61.9. The number of nitriles is 4. The number of benzene rings is 13. The van der Waals surface area contributed by atoms with E-state index in [0.717, 1.165) is 148 Å². The van der Waals surface area contributed by atoms with Gasteiger partial charge in [0.1, 0.15) is 0 Å². The molecule has 0 N–H and O–H groups in total. The minimum Gasteiger partial charge on any atom is -0.310 e. The van der Waals surface area contributed by atoms with E-state index in [9.17, 15) is 21.0 Å². The Labute approximate surface area is 724 Å². The highest BCUT2D eigenvalue weighted by molar-refractivity contribution is 6.41. The zero-order valence-electron chi connectivity index (χ0n) is 74.2. The molecule has 19 aromatic rings. The van der Waals surface area contributed by atoms with Gasteiger partial charge in [-0.15, -0.1) is 11.8 Å². The van der Waals surface area contributed by atoms with Crippen LogP contribution in [0.5, 0.6) is 0 Å². The fourth-order valence-electron chi connectivity index (χ4n) is 18.8. The van der Waals surface area contributed by atoms with Crippen LogP contribution >= 0.6 is 0 Å². The third-order valence-corrected chi connectivity index (χ3v) is 25.4. The Bertz CT molecular complexity index is 7160. The summed E-state index contributed by atoms with van der Waals surface area (Å²) >= 11 is 0. The Kier molecular flexibility index (Phi) is 18.4. The molecule has 604 valence electrons. The third kappa shape index (κ3) is 12.8. The molecule has 6 aromatic heterocycles. The van der Waals surface area contributed by atoms with E-state index in [0.29, 0.717) is 39.3 Å². The quantitative estimate of drug-likeness (QED) is 0.121. The summed E-state index contributed by atoms with van der Waals surface area (Å²) in [5, 5.41) is 56.6. The third-order valence-electron chi connectivity index (χ3n) is 25.4. The van der Waals surface area contributed by atoms with Crippen LogP contribution in [0.25, 0.3) is 175 Å². The second-order valence-electron chi connectivity index (χ2n) is 39.6. The fourth-order valence-corrected chi connectivity index (χ4v) is 18.8. The highest BCUT2D eigenvalue weighted by atomic mass is 15.1. The predicted molar refractivity (Wildman–Crippen MR) is 515 cm³/mol. The van der Waals surface area contributed by atoms with Crippen molar-refractivity contribution in [1.82, 2.24) is 27.4 Å². The maximum absolute atomic E-state index is 11.3. The molecule has 6 heterocycles. The molecule has 124 heavy (non-hydrogen) atoms. The van der Waals surface area contributed by atoms with E-state index in [-0.39, 0.29) is 43.9 Å². The molecule has 0 spiro atoms. The lowest BCUT2D eigenvalue weighted by atomic mass is 9.85. The van der Waals surface area contributed by atoms with Gasteiger partial charge in [-0.3, -0.25) is 0 Å². The molecular weight excluding hydrogens is 1510 g/mol. The zero-order valence-corrected chi connectivity index (χ0v) is 74.2. The second kappa shape index (κ2) is 28.4. The molecule has 0 aliphatic rings. The minimum absolute atomic E-state index is 0.162. The van der Waals surface area contributed by atoms with Gasteiger partial charge in [-0.1, -0.05) is 161 Å². The van der Waals surface area contributed by atoms with E-state index in [4.69, 9.17) is 13.1 Å². The van der Waals surface area contributed by atoms with Gasteiger partial charge in [-0.05, 0) is 262 Å². The van der Waals surface area contributed by atoms with Crippen LogP contribution in [0.4, 0.5) is 11.4 Å². The van der Waals surface area contributed by atoms with Crippen LogP contribution in [0.1, 0.15) is 194 Å². The van der Waals surface area contributed by atoms with Crippen molar-refractivity contribution in [2.24, 2.45) is 0 Å². The Morgan fingerprint density at radius 3 is 0.629 bits per heavy atom. The first-order valence-corrected chi connectivity index (χ1v) is 42.4. The number of rotatable bonds is 6. The number of aromatic nitrogens is 6. The van der Waals surface area contributed by atoms with Crippen LogP contribution in [0.15, 0.2) is 218 Å². The molecule has 0 saturated heterocycles. The van der Waals surface area contributed by atoms with Crippen LogP contribution in [-0.4, -0.2) is 27.4 Å². The normalized spacial score (nSPS) is 12.4. The van der Waals surface area contributed by atoms with Gasteiger partial charge in [-0.2, -0.15) is 21.0 Å². The number of hydrogen-bond donors (Lipinski definition) is 0. The first-order chi connectivity index (χ1) is 58.9. The first kappa shape index (κ1) is 80.2. The lowest BCUT2D eigenvalue weighted by molar-refractivity contribution is 0.590. The van der Waals surface area contributed by atoms with E-state index in [1.807, 2.05) is 50.2 Å². The van der Waals surface area contributed by atoms with Gasteiger partial charge in [0.2, 0.25) is 0 Å². The molecule has 0 unspecified atom stereocenters. The molecule has 0 saturated carbocycles. The molecule has 12 nitrogen and oxygen atoms in total. The zero-order chi connectivity index (χ0) is 87.8. The molecule has 0 aliphatic heterocycles. The van der Waals surface area contributed by atoms with Crippen molar-refractivity contribution in [3.05, 3.63) is 297 Å². The largest absolute Gasteiger partial charge is 0.310 e. The molecule has 0 radical (unpaired) electrons. The molecule has 0 atom stereocenters. The van der Waals surface area contributed by atoms with Gasteiger partial charge in [0.15, 0.2) is 11.4 Å². The van der Waals surface area contributed by atoms with Crippen LogP contribution in [0, 0.1) is 70.3 Å². The highest BCUT2D eigenvalue weighted by Crippen LogP contribution is 2.54. The van der Waals surface area contributed by atoms with E-state index in [1.165, 1.54) is 33.4 Å². The SMILES string of the molecule is CC#CC.[C-]#[N+]c1cc(C#N)cc(-n2c3ccc(-n4c5ccc(C(C)(C)C)cc5c5cc(C(C)(C)C)ccc54)cc3c3c4c(c5cc(-n6c7ccc(C(C)(C)C)cc7c7cc(C(C)(C)C)ccc76)ccc5n4-c4cc(C#N)cc(C#N)c4)c4c(c5cc(-n6c7ccc(C(C)(C)C)cc7c7cc(C(C)(C)C)ccc76)ccc5n4-c4cc(C#N)cc([N+]#[C-])c4)c32)c1. The smallest absolute Gasteiger partial charge is 0.190 e. The summed E-state index contributed by atoms with van der Waals surface area (Å²) in [5.41, 5.74) is 23.0.